The van der Waals surface area contributed by atoms with Crippen LogP contribution in [0.15, 0.2) is 29.2 Å². The average molecular weight is 334 g/mol. The fraction of sp³-hybridized carbons (Fsp3) is 0.462. The molecule has 1 aliphatic heterocycles. The molecular formula is C13H20ClN3O3S. The van der Waals surface area contributed by atoms with Gasteiger partial charge in [0.15, 0.2) is 0 Å². The van der Waals surface area contributed by atoms with Crippen molar-refractivity contribution in [2.24, 2.45) is 5.92 Å². The molecule has 1 heterocycles. The van der Waals surface area contributed by atoms with E-state index in [1.165, 1.54) is 13.1 Å². The summed E-state index contributed by atoms with van der Waals surface area (Å²) < 4.78 is 25.8. The Balaban J connectivity index is 0.00000220. The van der Waals surface area contributed by atoms with Crippen LogP contribution in [-0.4, -0.2) is 34.5 Å². The smallest absolute Gasteiger partial charge is 0.240 e. The van der Waals surface area contributed by atoms with Crippen LogP contribution in [0.3, 0.4) is 0 Å². The third-order valence-corrected chi connectivity index (χ3v) is 4.86. The number of rotatable bonds is 5. The second-order valence-electron chi connectivity index (χ2n) is 4.87. The minimum atomic E-state index is -3.47. The maximum absolute atomic E-state index is 11.9. The summed E-state index contributed by atoms with van der Waals surface area (Å²) in [7, 11) is -2.09. The van der Waals surface area contributed by atoms with Gasteiger partial charge in [0.05, 0.1) is 16.9 Å². The molecule has 1 amide bonds. The first kappa shape index (κ1) is 17.9. The van der Waals surface area contributed by atoms with Gasteiger partial charge >= 0.3 is 0 Å². The number of amides is 1. The van der Waals surface area contributed by atoms with Gasteiger partial charge in [0.25, 0.3) is 0 Å². The van der Waals surface area contributed by atoms with Crippen molar-refractivity contribution in [2.75, 3.05) is 20.1 Å². The Morgan fingerprint density at radius 1 is 1.38 bits per heavy atom. The first-order valence-electron chi connectivity index (χ1n) is 6.48. The number of hydrogen-bond donors (Lipinski definition) is 3. The number of hydrogen-bond acceptors (Lipinski definition) is 4. The van der Waals surface area contributed by atoms with Gasteiger partial charge < -0.3 is 10.6 Å². The van der Waals surface area contributed by atoms with Crippen LogP contribution in [0.4, 0.5) is 0 Å². The van der Waals surface area contributed by atoms with Crippen LogP contribution < -0.4 is 15.4 Å². The standard InChI is InChI=1S/C13H19N3O3S.ClH/c1-9(16-13(17)11-7-15-8-11)10-4-3-5-12(6-10)20(18,19)14-2;/h3-6,9,11,14-15H,7-8H2,1-2H3,(H,16,17);1H. The Bertz CT molecular complexity index is 602. The summed E-state index contributed by atoms with van der Waals surface area (Å²) >= 11 is 0. The lowest BCUT2D eigenvalue weighted by atomic mass is 10.0. The number of sulfonamides is 1. The molecule has 0 bridgehead atoms. The van der Waals surface area contributed by atoms with Gasteiger partial charge in [0.2, 0.25) is 15.9 Å². The minimum Gasteiger partial charge on any atom is -0.349 e. The lowest BCUT2D eigenvalue weighted by molar-refractivity contribution is -0.127. The fourth-order valence-electron chi connectivity index (χ4n) is 1.96. The van der Waals surface area contributed by atoms with Gasteiger partial charge in [-0.1, -0.05) is 12.1 Å². The Morgan fingerprint density at radius 2 is 2.05 bits per heavy atom. The van der Waals surface area contributed by atoms with Crippen molar-refractivity contribution in [3.63, 3.8) is 0 Å². The van der Waals surface area contributed by atoms with Gasteiger partial charge in [-0.05, 0) is 31.7 Å². The van der Waals surface area contributed by atoms with Gasteiger partial charge in [-0.2, -0.15) is 0 Å². The quantitative estimate of drug-likeness (QED) is 0.728. The third-order valence-electron chi connectivity index (χ3n) is 3.45. The van der Waals surface area contributed by atoms with E-state index in [1.807, 2.05) is 6.92 Å². The molecule has 0 radical (unpaired) electrons. The SMILES string of the molecule is CNS(=O)(=O)c1cccc(C(C)NC(=O)C2CNC2)c1.Cl. The van der Waals surface area contributed by atoms with E-state index in [0.29, 0.717) is 13.1 Å². The Kier molecular flexibility index (Phi) is 6.15. The topological polar surface area (TPSA) is 87.3 Å². The molecule has 3 N–H and O–H groups in total. The molecule has 1 fully saturated rings. The van der Waals surface area contributed by atoms with E-state index in [-0.39, 0.29) is 35.2 Å². The first-order chi connectivity index (χ1) is 9.44. The first-order valence-corrected chi connectivity index (χ1v) is 7.97. The molecular weight excluding hydrogens is 314 g/mol. The molecule has 118 valence electrons. The van der Waals surface area contributed by atoms with Crippen LogP contribution in [0.5, 0.6) is 0 Å². The highest BCUT2D eigenvalue weighted by Crippen LogP contribution is 2.18. The van der Waals surface area contributed by atoms with Crippen LogP contribution in [0.1, 0.15) is 18.5 Å². The largest absolute Gasteiger partial charge is 0.349 e. The second-order valence-corrected chi connectivity index (χ2v) is 6.75. The predicted molar refractivity (Wildman–Crippen MR) is 82.9 cm³/mol. The van der Waals surface area contributed by atoms with E-state index < -0.39 is 10.0 Å². The maximum Gasteiger partial charge on any atom is 0.240 e. The van der Waals surface area contributed by atoms with Crippen molar-refractivity contribution < 1.29 is 13.2 Å². The highest BCUT2D eigenvalue weighted by atomic mass is 35.5. The number of benzene rings is 1. The van der Waals surface area contributed by atoms with Crippen molar-refractivity contribution in [3.05, 3.63) is 29.8 Å². The summed E-state index contributed by atoms with van der Waals surface area (Å²) in [5.74, 6) is 0.0137. The highest BCUT2D eigenvalue weighted by molar-refractivity contribution is 7.89. The highest BCUT2D eigenvalue weighted by Gasteiger charge is 2.26. The molecule has 0 saturated carbocycles. The molecule has 6 nitrogen and oxygen atoms in total. The zero-order chi connectivity index (χ0) is 14.8. The van der Waals surface area contributed by atoms with E-state index in [9.17, 15) is 13.2 Å². The summed E-state index contributed by atoms with van der Waals surface area (Å²) in [6, 6.07) is 6.36. The summed E-state index contributed by atoms with van der Waals surface area (Å²) in [4.78, 5) is 12.1. The third kappa shape index (κ3) is 4.16. The van der Waals surface area contributed by atoms with E-state index in [0.717, 1.165) is 5.56 Å². The summed E-state index contributed by atoms with van der Waals surface area (Å²) in [6.45, 7) is 3.24. The van der Waals surface area contributed by atoms with Crippen LogP contribution in [0, 0.1) is 5.92 Å². The number of carbonyl (C=O) groups excluding carboxylic acids is 1. The molecule has 0 aromatic heterocycles. The van der Waals surface area contributed by atoms with E-state index in [4.69, 9.17) is 0 Å². The van der Waals surface area contributed by atoms with E-state index >= 15 is 0 Å². The van der Waals surface area contributed by atoms with Gasteiger partial charge in [0.1, 0.15) is 0 Å². The molecule has 8 heteroatoms. The van der Waals surface area contributed by atoms with Crippen LogP contribution in [-0.2, 0) is 14.8 Å². The summed E-state index contributed by atoms with van der Waals surface area (Å²) in [6.07, 6.45) is 0. The minimum absolute atomic E-state index is 0. The lowest BCUT2D eigenvalue weighted by Gasteiger charge is -2.27. The van der Waals surface area contributed by atoms with Gasteiger partial charge in [-0.15, -0.1) is 12.4 Å². The molecule has 0 spiro atoms. The average Bonchev–Trinajstić information content (AvgIpc) is 2.36. The van der Waals surface area contributed by atoms with Crippen molar-refractivity contribution in [1.82, 2.24) is 15.4 Å². The predicted octanol–water partition coefficient (Wildman–Crippen LogP) is 0.413. The molecule has 1 aliphatic rings. The zero-order valence-electron chi connectivity index (χ0n) is 11.9. The molecule has 1 aromatic carbocycles. The molecule has 1 saturated heterocycles. The molecule has 21 heavy (non-hydrogen) atoms. The van der Waals surface area contributed by atoms with Crippen molar-refractivity contribution >= 4 is 28.3 Å². The van der Waals surface area contributed by atoms with E-state index in [1.54, 1.807) is 18.2 Å². The number of halogens is 1. The molecule has 0 aliphatic carbocycles. The van der Waals surface area contributed by atoms with Gasteiger partial charge in [-0.25, -0.2) is 13.1 Å². The second kappa shape index (κ2) is 7.22. The Labute approximate surface area is 131 Å². The van der Waals surface area contributed by atoms with E-state index in [2.05, 4.69) is 15.4 Å². The van der Waals surface area contributed by atoms with Gasteiger partial charge in [0, 0.05) is 13.1 Å². The molecule has 2 rings (SSSR count). The summed E-state index contributed by atoms with van der Waals surface area (Å²) in [5.41, 5.74) is 0.766. The Morgan fingerprint density at radius 3 is 2.57 bits per heavy atom. The van der Waals surface area contributed by atoms with Gasteiger partial charge in [-0.3, -0.25) is 4.79 Å². The van der Waals surface area contributed by atoms with Crippen molar-refractivity contribution in [2.45, 2.75) is 17.9 Å². The van der Waals surface area contributed by atoms with Crippen LogP contribution in [0.2, 0.25) is 0 Å². The van der Waals surface area contributed by atoms with Crippen LogP contribution in [0.25, 0.3) is 0 Å². The van der Waals surface area contributed by atoms with Crippen LogP contribution >= 0.6 is 12.4 Å². The molecule has 1 unspecified atom stereocenters. The molecule has 1 aromatic rings. The monoisotopic (exact) mass is 333 g/mol. The lowest BCUT2D eigenvalue weighted by Crippen LogP contribution is -2.51. The fourth-order valence-corrected chi connectivity index (χ4v) is 2.74. The zero-order valence-corrected chi connectivity index (χ0v) is 13.6. The molecule has 1 atom stereocenters. The number of carbonyl (C=O) groups is 1. The van der Waals surface area contributed by atoms with Crippen molar-refractivity contribution in [3.8, 4) is 0 Å². The summed E-state index contributed by atoms with van der Waals surface area (Å²) in [5, 5.41) is 5.94. The number of nitrogens with one attached hydrogen (secondary N) is 3. The maximum atomic E-state index is 11.9. The normalized spacial score (nSPS) is 16.5. The van der Waals surface area contributed by atoms with Crippen molar-refractivity contribution in [1.29, 1.82) is 0 Å². The Hall–Kier alpha value is -1.15.